The number of hydrogen-bond acceptors (Lipinski definition) is 2. The van der Waals surface area contributed by atoms with Crippen molar-refractivity contribution in [3.05, 3.63) is 36.0 Å². The molecule has 0 radical (unpaired) electrons. The Morgan fingerprint density at radius 1 is 1.12 bits per heavy atom. The highest BCUT2D eigenvalue weighted by molar-refractivity contribution is 6.83. The van der Waals surface area contributed by atoms with Gasteiger partial charge in [-0.15, -0.1) is 5.54 Å². The summed E-state index contributed by atoms with van der Waals surface area (Å²) in [4.78, 5) is 4.10. The molecule has 3 heteroatoms. The minimum Gasteiger partial charge on any atom is -0.384 e. The lowest BCUT2D eigenvalue weighted by molar-refractivity contribution is 1.37. The van der Waals surface area contributed by atoms with Crippen LogP contribution in [0.25, 0.3) is 10.8 Å². The number of anilines is 1. The summed E-state index contributed by atoms with van der Waals surface area (Å²) in [6.07, 6.45) is 1.80. The average Bonchev–Trinajstić information content (AvgIpc) is 2.25. The second-order valence-corrected chi connectivity index (χ2v) is 9.92. The number of benzene rings is 1. The molecule has 0 aliphatic carbocycles. The molecule has 17 heavy (non-hydrogen) atoms. The van der Waals surface area contributed by atoms with Crippen LogP contribution in [0.3, 0.4) is 0 Å². The fourth-order valence-electron chi connectivity index (χ4n) is 1.50. The van der Waals surface area contributed by atoms with Crippen molar-refractivity contribution in [3.8, 4) is 11.5 Å². The Kier molecular flexibility index (Phi) is 2.91. The second-order valence-electron chi connectivity index (χ2n) is 5.17. The van der Waals surface area contributed by atoms with Crippen LogP contribution in [-0.2, 0) is 0 Å². The smallest absolute Gasteiger partial charge is 0.129 e. The van der Waals surface area contributed by atoms with Crippen LogP contribution in [0.5, 0.6) is 0 Å². The van der Waals surface area contributed by atoms with E-state index < -0.39 is 8.07 Å². The fraction of sp³-hybridized carbons (Fsp3) is 0.214. The molecule has 1 aromatic heterocycles. The highest BCUT2D eigenvalue weighted by atomic mass is 28.3. The van der Waals surface area contributed by atoms with Gasteiger partial charge in [0.15, 0.2) is 0 Å². The fourth-order valence-corrected chi connectivity index (χ4v) is 2.02. The van der Waals surface area contributed by atoms with Crippen LogP contribution < -0.4 is 5.73 Å². The quantitative estimate of drug-likeness (QED) is 0.568. The Morgan fingerprint density at radius 2 is 1.88 bits per heavy atom. The lowest BCUT2D eigenvalue weighted by Gasteiger charge is -2.04. The minimum atomic E-state index is -1.31. The number of pyridine rings is 1. The third-order valence-electron chi connectivity index (χ3n) is 2.32. The third kappa shape index (κ3) is 3.08. The Bertz CT molecular complexity index is 615. The number of nitrogen functional groups attached to an aromatic ring is 1. The van der Waals surface area contributed by atoms with E-state index in [0.717, 1.165) is 16.3 Å². The highest BCUT2D eigenvalue weighted by Gasteiger charge is 2.07. The van der Waals surface area contributed by atoms with Gasteiger partial charge in [0, 0.05) is 17.1 Å². The number of fused-ring (bicyclic) bond motifs is 1. The number of aromatic nitrogens is 1. The minimum absolute atomic E-state index is 0.554. The van der Waals surface area contributed by atoms with E-state index in [-0.39, 0.29) is 0 Å². The molecule has 0 aliphatic rings. The first-order chi connectivity index (χ1) is 7.94. The second kappa shape index (κ2) is 4.23. The maximum absolute atomic E-state index is 5.64. The summed E-state index contributed by atoms with van der Waals surface area (Å²) in [6, 6.07) is 8.02. The van der Waals surface area contributed by atoms with Gasteiger partial charge in [-0.25, -0.2) is 4.98 Å². The van der Waals surface area contributed by atoms with Gasteiger partial charge in [-0.2, -0.15) is 0 Å². The first kappa shape index (κ1) is 11.7. The predicted octanol–water partition coefficient (Wildman–Crippen LogP) is 3.05. The van der Waals surface area contributed by atoms with E-state index in [4.69, 9.17) is 5.73 Å². The lowest BCUT2D eigenvalue weighted by Crippen LogP contribution is -2.16. The molecule has 0 atom stereocenters. The van der Waals surface area contributed by atoms with Gasteiger partial charge in [0.1, 0.15) is 13.9 Å². The zero-order valence-electron chi connectivity index (χ0n) is 10.4. The van der Waals surface area contributed by atoms with Gasteiger partial charge in [0.25, 0.3) is 0 Å². The summed E-state index contributed by atoms with van der Waals surface area (Å²) in [6.45, 7) is 6.72. The van der Waals surface area contributed by atoms with Gasteiger partial charge in [-0.3, -0.25) is 0 Å². The van der Waals surface area contributed by atoms with Crippen molar-refractivity contribution in [1.82, 2.24) is 4.98 Å². The SMILES string of the molecule is C[Si](C)(C)C#Cc1ccc2cc(N)ncc2c1. The van der Waals surface area contributed by atoms with Crippen molar-refractivity contribution >= 4 is 24.7 Å². The van der Waals surface area contributed by atoms with Crippen LogP contribution in [0, 0.1) is 11.5 Å². The van der Waals surface area contributed by atoms with Crippen molar-refractivity contribution in [2.24, 2.45) is 0 Å². The van der Waals surface area contributed by atoms with Crippen molar-refractivity contribution in [1.29, 1.82) is 0 Å². The summed E-state index contributed by atoms with van der Waals surface area (Å²) in [5.74, 6) is 3.80. The Balaban J connectivity index is 2.44. The summed E-state index contributed by atoms with van der Waals surface area (Å²) in [7, 11) is -1.31. The molecule has 0 spiro atoms. The van der Waals surface area contributed by atoms with Crippen molar-refractivity contribution < 1.29 is 0 Å². The van der Waals surface area contributed by atoms with Crippen LogP contribution in [-0.4, -0.2) is 13.1 Å². The van der Waals surface area contributed by atoms with E-state index >= 15 is 0 Å². The topological polar surface area (TPSA) is 38.9 Å². The van der Waals surface area contributed by atoms with Crippen molar-refractivity contribution in [2.45, 2.75) is 19.6 Å². The lowest BCUT2D eigenvalue weighted by atomic mass is 10.1. The van der Waals surface area contributed by atoms with Crippen LogP contribution in [0.15, 0.2) is 30.5 Å². The molecular formula is C14H16N2Si. The molecule has 2 rings (SSSR count). The van der Waals surface area contributed by atoms with Crippen LogP contribution >= 0.6 is 0 Å². The number of rotatable bonds is 0. The molecule has 2 aromatic rings. The highest BCUT2D eigenvalue weighted by Crippen LogP contribution is 2.16. The molecular weight excluding hydrogens is 224 g/mol. The molecule has 0 unspecified atom stereocenters. The van der Waals surface area contributed by atoms with E-state index in [2.05, 4.69) is 42.2 Å². The molecule has 0 fully saturated rings. The van der Waals surface area contributed by atoms with E-state index in [1.165, 1.54) is 0 Å². The van der Waals surface area contributed by atoms with E-state index in [1.807, 2.05) is 18.2 Å². The monoisotopic (exact) mass is 240 g/mol. The van der Waals surface area contributed by atoms with Gasteiger partial charge in [-0.05, 0) is 23.6 Å². The molecule has 0 amide bonds. The maximum Gasteiger partial charge on any atom is 0.129 e. The van der Waals surface area contributed by atoms with Gasteiger partial charge in [0.05, 0.1) is 0 Å². The Hall–Kier alpha value is -1.79. The molecule has 0 bridgehead atoms. The number of nitrogens with zero attached hydrogens (tertiary/aromatic N) is 1. The van der Waals surface area contributed by atoms with Gasteiger partial charge in [-0.1, -0.05) is 31.6 Å². The molecule has 0 saturated heterocycles. The Labute approximate surface area is 103 Å². The molecule has 1 aromatic carbocycles. The maximum atomic E-state index is 5.64. The van der Waals surface area contributed by atoms with Crippen LogP contribution in [0.2, 0.25) is 19.6 Å². The third-order valence-corrected chi connectivity index (χ3v) is 3.20. The van der Waals surface area contributed by atoms with Crippen LogP contribution in [0.1, 0.15) is 5.56 Å². The van der Waals surface area contributed by atoms with E-state index in [1.54, 1.807) is 6.20 Å². The summed E-state index contributed by atoms with van der Waals surface area (Å²) in [5, 5.41) is 2.19. The normalized spacial score (nSPS) is 11.0. The van der Waals surface area contributed by atoms with Gasteiger partial charge in [0.2, 0.25) is 0 Å². The summed E-state index contributed by atoms with van der Waals surface area (Å²) in [5.41, 5.74) is 10.0. The Morgan fingerprint density at radius 3 is 2.59 bits per heavy atom. The van der Waals surface area contributed by atoms with E-state index in [0.29, 0.717) is 5.82 Å². The molecule has 0 saturated carbocycles. The van der Waals surface area contributed by atoms with Gasteiger partial charge >= 0.3 is 0 Å². The molecule has 2 nitrogen and oxygen atoms in total. The van der Waals surface area contributed by atoms with Crippen LogP contribution in [0.4, 0.5) is 5.82 Å². The predicted molar refractivity (Wildman–Crippen MR) is 76.4 cm³/mol. The molecule has 2 N–H and O–H groups in total. The van der Waals surface area contributed by atoms with Gasteiger partial charge < -0.3 is 5.73 Å². The zero-order chi connectivity index (χ0) is 12.5. The first-order valence-electron chi connectivity index (χ1n) is 5.62. The number of nitrogens with two attached hydrogens (primary N) is 1. The molecule has 86 valence electrons. The van der Waals surface area contributed by atoms with E-state index in [9.17, 15) is 0 Å². The molecule has 0 aliphatic heterocycles. The molecule has 1 heterocycles. The summed E-state index contributed by atoms with van der Waals surface area (Å²) >= 11 is 0. The standard InChI is InChI=1S/C14H16N2Si/c1-17(2,3)7-6-11-4-5-12-9-14(15)16-10-13(12)8-11/h4-5,8-10H,1-3H3,(H2,15,16). The zero-order valence-corrected chi connectivity index (χ0v) is 11.4. The number of hydrogen-bond donors (Lipinski definition) is 1. The summed E-state index contributed by atoms with van der Waals surface area (Å²) < 4.78 is 0. The largest absolute Gasteiger partial charge is 0.384 e. The first-order valence-corrected chi connectivity index (χ1v) is 9.12. The van der Waals surface area contributed by atoms with Crippen molar-refractivity contribution in [3.63, 3.8) is 0 Å². The van der Waals surface area contributed by atoms with Crippen molar-refractivity contribution in [2.75, 3.05) is 5.73 Å². The average molecular weight is 240 g/mol.